The zero-order chi connectivity index (χ0) is 21.5. The monoisotopic (exact) mass is 408 g/mol. The van der Waals surface area contributed by atoms with Crippen LogP contribution in [0.2, 0.25) is 0 Å². The normalized spacial score (nSPS) is 10.6. The van der Waals surface area contributed by atoms with Gasteiger partial charge < -0.3 is 14.2 Å². The van der Waals surface area contributed by atoms with Gasteiger partial charge in [0.1, 0.15) is 5.69 Å². The predicted octanol–water partition coefficient (Wildman–Crippen LogP) is 2.64. The third-order valence-electron chi connectivity index (χ3n) is 4.21. The summed E-state index contributed by atoms with van der Waals surface area (Å²) in [5, 5.41) is 10.8. The number of amides is 1. The zero-order valence-corrected chi connectivity index (χ0v) is 16.6. The van der Waals surface area contributed by atoms with Crippen molar-refractivity contribution in [3.8, 4) is 22.8 Å². The number of aromatic nitrogens is 2. The molecule has 9 heteroatoms. The van der Waals surface area contributed by atoms with E-state index in [0.29, 0.717) is 28.3 Å². The van der Waals surface area contributed by atoms with Gasteiger partial charge in [-0.1, -0.05) is 12.1 Å². The number of hydrogen-bond donors (Lipinski definition) is 2. The van der Waals surface area contributed by atoms with Crippen molar-refractivity contribution in [3.05, 3.63) is 65.4 Å². The van der Waals surface area contributed by atoms with E-state index in [9.17, 15) is 9.59 Å². The summed E-state index contributed by atoms with van der Waals surface area (Å²) >= 11 is 0. The van der Waals surface area contributed by atoms with Gasteiger partial charge in [-0.3, -0.25) is 9.89 Å². The molecule has 9 nitrogen and oxygen atoms in total. The first-order valence-electron chi connectivity index (χ1n) is 8.85. The van der Waals surface area contributed by atoms with Gasteiger partial charge in [0.25, 0.3) is 5.91 Å². The molecule has 0 aliphatic rings. The van der Waals surface area contributed by atoms with Crippen LogP contribution < -0.4 is 14.9 Å². The molecule has 2 aromatic carbocycles. The Balaban J connectivity index is 1.65. The van der Waals surface area contributed by atoms with Crippen molar-refractivity contribution in [1.29, 1.82) is 0 Å². The van der Waals surface area contributed by atoms with E-state index in [1.807, 2.05) is 6.07 Å². The quantitative estimate of drug-likeness (QED) is 0.353. The molecular weight excluding hydrogens is 388 g/mol. The molecule has 0 fully saturated rings. The maximum Gasteiger partial charge on any atom is 0.337 e. The molecule has 0 unspecified atom stereocenters. The molecule has 1 amide bonds. The van der Waals surface area contributed by atoms with Crippen LogP contribution in [0.5, 0.6) is 11.5 Å². The number of carbonyl (C=O) groups is 2. The fourth-order valence-electron chi connectivity index (χ4n) is 2.63. The van der Waals surface area contributed by atoms with E-state index in [0.717, 1.165) is 5.56 Å². The second-order valence-electron chi connectivity index (χ2n) is 6.05. The topological polar surface area (TPSA) is 115 Å². The van der Waals surface area contributed by atoms with Crippen molar-refractivity contribution in [1.82, 2.24) is 15.6 Å². The van der Waals surface area contributed by atoms with E-state index in [4.69, 9.17) is 9.47 Å². The van der Waals surface area contributed by atoms with Crippen molar-refractivity contribution >= 4 is 18.1 Å². The highest BCUT2D eigenvalue weighted by Crippen LogP contribution is 2.31. The Bertz CT molecular complexity index is 1070. The lowest BCUT2D eigenvalue weighted by Crippen LogP contribution is -2.18. The number of hydrazone groups is 1. The molecule has 0 saturated heterocycles. The second-order valence-corrected chi connectivity index (χ2v) is 6.05. The first-order chi connectivity index (χ1) is 14.5. The van der Waals surface area contributed by atoms with Crippen LogP contribution in [0.3, 0.4) is 0 Å². The van der Waals surface area contributed by atoms with E-state index >= 15 is 0 Å². The second kappa shape index (κ2) is 9.37. The van der Waals surface area contributed by atoms with Crippen LogP contribution in [0.25, 0.3) is 11.3 Å². The number of ether oxygens (including phenoxy) is 3. The minimum Gasteiger partial charge on any atom is -0.493 e. The summed E-state index contributed by atoms with van der Waals surface area (Å²) in [4.78, 5) is 23.7. The van der Waals surface area contributed by atoms with Crippen molar-refractivity contribution in [3.63, 3.8) is 0 Å². The van der Waals surface area contributed by atoms with Crippen molar-refractivity contribution in [2.24, 2.45) is 5.10 Å². The van der Waals surface area contributed by atoms with E-state index < -0.39 is 11.9 Å². The maximum absolute atomic E-state index is 12.3. The number of nitrogens with one attached hydrogen (secondary N) is 2. The molecule has 0 spiro atoms. The van der Waals surface area contributed by atoms with E-state index in [1.165, 1.54) is 13.3 Å². The first-order valence-corrected chi connectivity index (χ1v) is 8.85. The van der Waals surface area contributed by atoms with Gasteiger partial charge in [0.15, 0.2) is 11.5 Å². The number of H-pyrrole nitrogens is 1. The highest BCUT2D eigenvalue weighted by Gasteiger charge is 2.12. The van der Waals surface area contributed by atoms with E-state index in [-0.39, 0.29) is 5.69 Å². The number of aromatic amines is 1. The minimum absolute atomic E-state index is 0.248. The van der Waals surface area contributed by atoms with E-state index in [2.05, 4.69) is 25.5 Å². The number of hydrogen-bond acceptors (Lipinski definition) is 7. The summed E-state index contributed by atoms with van der Waals surface area (Å²) in [5.41, 5.74) is 5.14. The van der Waals surface area contributed by atoms with Gasteiger partial charge in [0.2, 0.25) is 0 Å². The third-order valence-corrected chi connectivity index (χ3v) is 4.21. The lowest BCUT2D eigenvalue weighted by atomic mass is 10.1. The molecular formula is C21H20N4O5. The Morgan fingerprint density at radius 1 is 1.00 bits per heavy atom. The minimum atomic E-state index is -0.448. The average Bonchev–Trinajstić information content (AvgIpc) is 3.29. The Kier molecular flexibility index (Phi) is 6.43. The molecule has 1 aromatic heterocycles. The molecule has 0 radical (unpaired) electrons. The van der Waals surface area contributed by atoms with Gasteiger partial charge in [-0.25, -0.2) is 10.2 Å². The number of esters is 1. The van der Waals surface area contributed by atoms with Crippen LogP contribution >= 0.6 is 0 Å². The Hall–Kier alpha value is -4.14. The van der Waals surface area contributed by atoms with E-state index in [1.54, 1.807) is 56.7 Å². The molecule has 0 saturated carbocycles. The van der Waals surface area contributed by atoms with Crippen molar-refractivity contribution in [2.45, 2.75) is 0 Å². The summed E-state index contributed by atoms with van der Waals surface area (Å²) in [7, 11) is 4.42. The van der Waals surface area contributed by atoms with Crippen molar-refractivity contribution in [2.75, 3.05) is 21.3 Å². The van der Waals surface area contributed by atoms with Crippen LogP contribution in [-0.4, -0.2) is 49.6 Å². The standard InChI is InChI=1S/C21H20N4O5/c1-28-18-9-8-15(10-19(18)29-2)16-11-17(24-23-16)20(26)25-22-12-13-4-6-14(7-5-13)21(27)30-3/h4-12H,1-3H3,(H,23,24)(H,25,26). The van der Waals surface area contributed by atoms with Crippen LogP contribution in [0, 0.1) is 0 Å². The SMILES string of the molecule is COC(=O)c1ccc(C=NNC(=O)c2cc(-c3ccc(OC)c(OC)c3)n[nH]2)cc1. The van der Waals surface area contributed by atoms with Crippen LogP contribution in [0.4, 0.5) is 0 Å². The molecule has 0 aliphatic heterocycles. The molecule has 1 heterocycles. The Morgan fingerprint density at radius 2 is 1.73 bits per heavy atom. The average molecular weight is 408 g/mol. The molecule has 3 rings (SSSR count). The smallest absolute Gasteiger partial charge is 0.337 e. The predicted molar refractivity (Wildman–Crippen MR) is 110 cm³/mol. The van der Waals surface area contributed by atoms with Crippen molar-refractivity contribution < 1.29 is 23.8 Å². The van der Waals surface area contributed by atoms with Gasteiger partial charge in [0.05, 0.1) is 38.8 Å². The van der Waals surface area contributed by atoms with Gasteiger partial charge in [-0.15, -0.1) is 0 Å². The lowest BCUT2D eigenvalue weighted by Gasteiger charge is -2.08. The maximum atomic E-state index is 12.3. The molecule has 154 valence electrons. The number of benzene rings is 2. The Morgan fingerprint density at radius 3 is 2.40 bits per heavy atom. The van der Waals surface area contributed by atoms with Gasteiger partial charge >= 0.3 is 5.97 Å². The molecule has 3 aromatic rings. The molecule has 0 aliphatic carbocycles. The number of rotatable bonds is 7. The summed E-state index contributed by atoms with van der Waals surface area (Å²) in [6.07, 6.45) is 1.46. The number of methoxy groups -OCH3 is 3. The first kappa shape index (κ1) is 20.6. The van der Waals surface area contributed by atoms with Crippen LogP contribution in [0.1, 0.15) is 26.4 Å². The van der Waals surface area contributed by atoms with Crippen LogP contribution in [-0.2, 0) is 4.74 Å². The molecule has 30 heavy (non-hydrogen) atoms. The van der Waals surface area contributed by atoms with Gasteiger partial charge in [0, 0.05) is 5.56 Å². The number of carbonyl (C=O) groups excluding carboxylic acids is 2. The highest BCUT2D eigenvalue weighted by molar-refractivity contribution is 5.94. The van der Waals surface area contributed by atoms with Gasteiger partial charge in [-0.2, -0.15) is 10.2 Å². The summed E-state index contributed by atoms with van der Waals surface area (Å²) in [6, 6.07) is 13.6. The van der Waals surface area contributed by atoms with Gasteiger partial charge in [-0.05, 0) is 42.0 Å². The molecule has 2 N–H and O–H groups in total. The molecule has 0 bridgehead atoms. The Labute approximate surface area is 172 Å². The number of nitrogens with zero attached hydrogens (tertiary/aromatic N) is 2. The fourth-order valence-corrected chi connectivity index (χ4v) is 2.63. The summed E-state index contributed by atoms with van der Waals surface area (Å²) in [5.74, 6) is 0.295. The third kappa shape index (κ3) is 4.64. The van der Waals surface area contributed by atoms with Crippen LogP contribution in [0.15, 0.2) is 53.6 Å². The summed E-state index contributed by atoms with van der Waals surface area (Å²) in [6.45, 7) is 0. The largest absolute Gasteiger partial charge is 0.493 e. The lowest BCUT2D eigenvalue weighted by molar-refractivity contribution is 0.0600. The fraction of sp³-hybridized carbons (Fsp3) is 0.143. The highest BCUT2D eigenvalue weighted by atomic mass is 16.5. The summed E-state index contributed by atoms with van der Waals surface area (Å²) < 4.78 is 15.2. The molecule has 0 atom stereocenters. The zero-order valence-electron chi connectivity index (χ0n) is 16.6.